The summed E-state index contributed by atoms with van der Waals surface area (Å²) in [6.45, 7) is 0. The molecule has 1 N–H and O–H groups in total. The molecule has 1 heterocycles. The normalized spacial score (nSPS) is 15.0. The van der Waals surface area contributed by atoms with Gasteiger partial charge in [0, 0.05) is 0 Å². The lowest BCUT2D eigenvalue weighted by Crippen LogP contribution is -2.45. The van der Waals surface area contributed by atoms with Crippen LogP contribution in [0.4, 0.5) is 0 Å². The minimum Gasteiger partial charge on any atom is -0.271 e. The highest BCUT2D eigenvalue weighted by atomic mass is 32.2. The zero-order valence-corrected chi connectivity index (χ0v) is 14.0. The summed E-state index contributed by atoms with van der Waals surface area (Å²) in [7, 11) is -3.86. The maximum atomic E-state index is 12.7. The van der Waals surface area contributed by atoms with Crippen LogP contribution < -0.4 is 4.72 Å². The lowest BCUT2D eigenvalue weighted by molar-refractivity contribution is -0.123. The van der Waals surface area contributed by atoms with Crippen LogP contribution in [0.15, 0.2) is 54.6 Å². The number of nitrogens with zero attached hydrogens (tertiary/aromatic N) is 1. The zero-order chi connectivity index (χ0) is 18.2. The zero-order valence-electron chi connectivity index (χ0n) is 13.2. The molecule has 0 bridgehead atoms. The standard InChI is InChI=1S/C17H14N2O5S/c1-25(23,24)18-15(20)14(11-7-3-2-4-8-11)19-16(21)12-9-5-6-10-13(12)17(19)22/h2-10,14H,1H3,(H,18,20)/t14-/m1/s1. The Morgan fingerprint density at radius 2 is 1.40 bits per heavy atom. The molecule has 0 fully saturated rings. The van der Waals surface area contributed by atoms with Crippen LogP contribution in [-0.4, -0.2) is 37.3 Å². The predicted molar refractivity (Wildman–Crippen MR) is 89.1 cm³/mol. The average molecular weight is 358 g/mol. The van der Waals surface area contributed by atoms with E-state index in [1.807, 2.05) is 4.72 Å². The summed E-state index contributed by atoms with van der Waals surface area (Å²) < 4.78 is 24.8. The number of hydrogen-bond donors (Lipinski definition) is 1. The van der Waals surface area contributed by atoms with Crippen LogP contribution in [-0.2, 0) is 14.8 Å². The number of carbonyl (C=O) groups is 3. The minimum absolute atomic E-state index is 0.181. The van der Waals surface area contributed by atoms with Crippen molar-refractivity contribution in [1.29, 1.82) is 0 Å². The Kier molecular flexibility index (Phi) is 4.13. The minimum atomic E-state index is -3.86. The highest BCUT2D eigenvalue weighted by molar-refractivity contribution is 7.89. The van der Waals surface area contributed by atoms with Crippen molar-refractivity contribution < 1.29 is 22.8 Å². The third-order valence-corrected chi connectivity index (χ3v) is 4.31. The van der Waals surface area contributed by atoms with Gasteiger partial charge in [-0.25, -0.2) is 8.42 Å². The van der Waals surface area contributed by atoms with Gasteiger partial charge in [-0.2, -0.15) is 0 Å². The number of hydrogen-bond acceptors (Lipinski definition) is 5. The molecule has 25 heavy (non-hydrogen) atoms. The maximum absolute atomic E-state index is 12.7. The fourth-order valence-corrected chi connectivity index (χ4v) is 3.21. The van der Waals surface area contributed by atoms with Crippen molar-refractivity contribution in [3.05, 3.63) is 71.3 Å². The first kappa shape index (κ1) is 16.8. The number of fused-ring (bicyclic) bond motifs is 1. The van der Waals surface area contributed by atoms with Gasteiger partial charge < -0.3 is 0 Å². The van der Waals surface area contributed by atoms with Crippen LogP contribution in [0.2, 0.25) is 0 Å². The number of sulfonamides is 1. The summed E-state index contributed by atoms with van der Waals surface area (Å²) >= 11 is 0. The lowest BCUT2D eigenvalue weighted by atomic mass is 10.0. The Labute approximate surface area is 144 Å². The van der Waals surface area contributed by atoms with E-state index in [0.29, 0.717) is 5.56 Å². The molecule has 1 atom stereocenters. The van der Waals surface area contributed by atoms with Gasteiger partial charge in [-0.15, -0.1) is 0 Å². The van der Waals surface area contributed by atoms with E-state index in [-0.39, 0.29) is 11.1 Å². The molecule has 0 aliphatic carbocycles. The molecular weight excluding hydrogens is 344 g/mol. The number of rotatable bonds is 4. The van der Waals surface area contributed by atoms with Gasteiger partial charge in [0.05, 0.1) is 17.4 Å². The van der Waals surface area contributed by atoms with Gasteiger partial charge in [0.15, 0.2) is 0 Å². The van der Waals surface area contributed by atoms with E-state index in [9.17, 15) is 22.8 Å². The number of benzene rings is 2. The van der Waals surface area contributed by atoms with E-state index >= 15 is 0 Å². The molecule has 1 aliphatic rings. The summed E-state index contributed by atoms with van der Waals surface area (Å²) in [5.74, 6) is -2.25. The van der Waals surface area contributed by atoms with Crippen molar-refractivity contribution in [2.45, 2.75) is 6.04 Å². The molecule has 2 aromatic rings. The predicted octanol–water partition coefficient (Wildman–Crippen LogP) is 1.10. The molecule has 2 aromatic carbocycles. The second-order valence-electron chi connectivity index (χ2n) is 5.58. The van der Waals surface area contributed by atoms with Gasteiger partial charge in [-0.3, -0.25) is 24.0 Å². The molecule has 3 amide bonds. The van der Waals surface area contributed by atoms with Crippen LogP contribution >= 0.6 is 0 Å². The largest absolute Gasteiger partial charge is 0.271 e. The first-order valence-electron chi connectivity index (χ1n) is 7.33. The summed E-state index contributed by atoms with van der Waals surface area (Å²) in [5, 5.41) is 0. The average Bonchev–Trinajstić information content (AvgIpc) is 2.80. The van der Waals surface area contributed by atoms with Crippen LogP contribution in [0, 0.1) is 0 Å². The van der Waals surface area contributed by atoms with Crippen LogP contribution in [0.3, 0.4) is 0 Å². The number of amides is 3. The van der Waals surface area contributed by atoms with Crippen LogP contribution in [0.25, 0.3) is 0 Å². The van der Waals surface area contributed by atoms with Gasteiger partial charge in [0.2, 0.25) is 10.0 Å². The molecule has 7 nitrogen and oxygen atoms in total. The molecule has 1 aliphatic heterocycles. The summed E-state index contributed by atoms with van der Waals surface area (Å²) in [4.78, 5) is 38.7. The first-order valence-corrected chi connectivity index (χ1v) is 9.22. The van der Waals surface area contributed by atoms with E-state index in [0.717, 1.165) is 11.2 Å². The first-order chi connectivity index (χ1) is 11.8. The molecule has 0 saturated carbocycles. The molecule has 0 saturated heterocycles. The van der Waals surface area contributed by atoms with Crippen molar-refractivity contribution >= 4 is 27.7 Å². The van der Waals surface area contributed by atoms with E-state index in [1.54, 1.807) is 42.5 Å². The monoisotopic (exact) mass is 358 g/mol. The third kappa shape index (κ3) is 3.16. The highest BCUT2D eigenvalue weighted by Crippen LogP contribution is 2.31. The molecule has 8 heteroatoms. The fourth-order valence-electron chi connectivity index (χ4n) is 2.73. The highest BCUT2D eigenvalue weighted by Gasteiger charge is 2.43. The molecule has 3 rings (SSSR count). The Morgan fingerprint density at radius 3 is 1.88 bits per heavy atom. The molecule has 0 unspecified atom stereocenters. The van der Waals surface area contributed by atoms with Crippen LogP contribution in [0.5, 0.6) is 0 Å². The van der Waals surface area contributed by atoms with Crippen molar-refractivity contribution in [3.8, 4) is 0 Å². The topological polar surface area (TPSA) is 101 Å². The second kappa shape index (κ2) is 6.14. The van der Waals surface area contributed by atoms with E-state index in [1.165, 1.54) is 12.1 Å². The van der Waals surface area contributed by atoms with Crippen molar-refractivity contribution in [2.24, 2.45) is 0 Å². The van der Waals surface area contributed by atoms with Gasteiger partial charge in [0.1, 0.15) is 6.04 Å². The van der Waals surface area contributed by atoms with E-state index < -0.39 is 33.8 Å². The SMILES string of the molecule is CS(=O)(=O)NC(=O)[C@@H](c1ccccc1)N1C(=O)c2ccccc2C1=O. The lowest BCUT2D eigenvalue weighted by Gasteiger charge is -2.25. The quantitative estimate of drug-likeness (QED) is 0.825. The number of carbonyl (C=O) groups excluding carboxylic acids is 3. The Bertz CT molecular complexity index is 935. The number of nitrogens with one attached hydrogen (secondary N) is 1. The Balaban J connectivity index is 2.09. The van der Waals surface area contributed by atoms with E-state index in [4.69, 9.17) is 0 Å². The summed E-state index contributed by atoms with van der Waals surface area (Å²) in [6.07, 6.45) is 0.829. The van der Waals surface area contributed by atoms with Crippen molar-refractivity contribution in [2.75, 3.05) is 6.26 Å². The third-order valence-electron chi connectivity index (χ3n) is 3.73. The molecule has 0 spiro atoms. The molecule has 128 valence electrons. The van der Waals surface area contributed by atoms with Crippen molar-refractivity contribution in [3.63, 3.8) is 0 Å². The Hall–Kier alpha value is -3.00. The fraction of sp³-hybridized carbons (Fsp3) is 0.118. The smallest absolute Gasteiger partial charge is 0.262 e. The summed E-state index contributed by atoms with van der Waals surface area (Å²) in [5.41, 5.74) is 0.694. The van der Waals surface area contributed by atoms with E-state index in [2.05, 4.69) is 0 Å². The van der Waals surface area contributed by atoms with Gasteiger partial charge in [0.25, 0.3) is 17.7 Å². The second-order valence-corrected chi connectivity index (χ2v) is 7.33. The maximum Gasteiger partial charge on any atom is 0.262 e. The molecule has 0 aromatic heterocycles. The Morgan fingerprint density at radius 1 is 0.920 bits per heavy atom. The van der Waals surface area contributed by atoms with Gasteiger partial charge in [-0.1, -0.05) is 42.5 Å². The molecule has 0 radical (unpaired) electrons. The van der Waals surface area contributed by atoms with Crippen molar-refractivity contribution in [1.82, 2.24) is 9.62 Å². The van der Waals surface area contributed by atoms with Gasteiger partial charge in [-0.05, 0) is 17.7 Å². The molecular formula is C17H14N2O5S. The number of imide groups is 1. The van der Waals surface area contributed by atoms with Crippen LogP contribution in [0.1, 0.15) is 32.3 Å². The van der Waals surface area contributed by atoms with Gasteiger partial charge >= 0.3 is 0 Å². The summed E-state index contributed by atoms with van der Waals surface area (Å²) in [6, 6.07) is 12.9.